The Labute approximate surface area is 174 Å². The number of aryl methyl sites for hydroxylation is 2. The molecule has 5 rings (SSSR count). The van der Waals surface area contributed by atoms with Crippen LogP contribution in [0, 0.1) is 13.8 Å². The zero-order valence-electron chi connectivity index (χ0n) is 16.9. The summed E-state index contributed by atoms with van der Waals surface area (Å²) in [7, 11) is 0. The second kappa shape index (κ2) is 6.99. The molecule has 0 saturated heterocycles. The van der Waals surface area contributed by atoms with Crippen molar-refractivity contribution in [1.29, 1.82) is 0 Å². The Kier molecular flexibility index (Phi) is 4.28. The van der Waals surface area contributed by atoms with E-state index in [4.69, 9.17) is 0 Å². The van der Waals surface area contributed by atoms with Crippen molar-refractivity contribution in [1.82, 2.24) is 19.3 Å². The summed E-state index contributed by atoms with van der Waals surface area (Å²) in [6, 6.07) is 16.7. The highest BCUT2D eigenvalue weighted by molar-refractivity contribution is 5.60. The second-order valence-electron chi connectivity index (χ2n) is 7.87. The van der Waals surface area contributed by atoms with Crippen molar-refractivity contribution in [2.75, 3.05) is 0 Å². The number of aromatic nitrogens is 4. The Morgan fingerprint density at radius 2 is 1.87 bits per heavy atom. The van der Waals surface area contributed by atoms with Crippen LogP contribution in [0.25, 0.3) is 11.5 Å². The van der Waals surface area contributed by atoms with Crippen LogP contribution in [0.15, 0.2) is 71.9 Å². The van der Waals surface area contributed by atoms with Gasteiger partial charge >= 0.3 is 0 Å². The van der Waals surface area contributed by atoms with Gasteiger partial charge in [-0.1, -0.05) is 54.1 Å². The molecule has 0 amide bonds. The fraction of sp³-hybridized carbons (Fsp3) is 0.208. The van der Waals surface area contributed by atoms with Crippen molar-refractivity contribution in [2.24, 2.45) is 0 Å². The van der Waals surface area contributed by atoms with Crippen LogP contribution >= 0.6 is 0 Å². The second-order valence-corrected chi connectivity index (χ2v) is 7.87. The molecule has 6 heteroatoms. The minimum absolute atomic E-state index is 0.0181. The van der Waals surface area contributed by atoms with Gasteiger partial charge in [-0.15, -0.1) is 0 Å². The summed E-state index contributed by atoms with van der Waals surface area (Å²) in [4.78, 5) is 16.5. The zero-order valence-corrected chi connectivity index (χ0v) is 16.9. The molecule has 0 bridgehead atoms. The highest BCUT2D eigenvalue weighted by Gasteiger charge is 2.36. The minimum atomic E-state index is -0.501. The highest BCUT2D eigenvalue weighted by Crippen LogP contribution is 2.43. The number of imidazole rings is 1. The number of benzene rings is 2. The summed E-state index contributed by atoms with van der Waals surface area (Å²) in [6.07, 6.45) is 4.76. The van der Waals surface area contributed by atoms with Gasteiger partial charge in [-0.3, -0.25) is 9.48 Å². The van der Waals surface area contributed by atoms with E-state index in [-0.39, 0.29) is 17.7 Å². The summed E-state index contributed by atoms with van der Waals surface area (Å²) in [6.45, 7) is 4.81. The Morgan fingerprint density at radius 3 is 2.63 bits per heavy atom. The zero-order chi connectivity index (χ0) is 20.8. The summed E-state index contributed by atoms with van der Waals surface area (Å²) < 4.78 is 3.76. The predicted molar refractivity (Wildman–Crippen MR) is 115 cm³/mol. The van der Waals surface area contributed by atoms with Gasteiger partial charge in [-0.2, -0.15) is 5.10 Å². The lowest BCUT2D eigenvalue weighted by atomic mass is 9.82. The standard InChI is InChI=1S/C24H22N4O2/c1-15-7-9-17(10-8-15)21(18-6-4-3-5-16(18)2)19-14-27-12-11-25-24(27)22-23(30)20(29)13-26-28(19)22/h3-13,19,21,30H,14H2,1-2H3/t19-,21+/m1/s1. The number of fused-ring (bicyclic) bond motifs is 3. The van der Waals surface area contributed by atoms with Crippen LogP contribution < -0.4 is 5.43 Å². The molecular formula is C24H22N4O2. The smallest absolute Gasteiger partial charge is 0.242 e. The molecule has 2 aromatic heterocycles. The first kappa shape index (κ1) is 18.4. The van der Waals surface area contributed by atoms with Crippen LogP contribution in [0.5, 0.6) is 5.75 Å². The van der Waals surface area contributed by atoms with Crippen LogP contribution in [0.3, 0.4) is 0 Å². The predicted octanol–water partition coefficient (Wildman–Crippen LogP) is 3.82. The number of aromatic hydroxyl groups is 1. The van der Waals surface area contributed by atoms with Crippen molar-refractivity contribution in [2.45, 2.75) is 32.4 Å². The maximum absolute atomic E-state index is 12.2. The number of nitrogens with zero attached hydrogens (tertiary/aromatic N) is 4. The monoisotopic (exact) mass is 398 g/mol. The summed E-state index contributed by atoms with van der Waals surface area (Å²) in [5.74, 6) is 0.228. The van der Waals surface area contributed by atoms with Crippen molar-refractivity contribution < 1.29 is 5.11 Å². The summed E-state index contributed by atoms with van der Waals surface area (Å²) >= 11 is 0. The van der Waals surface area contributed by atoms with Gasteiger partial charge in [0.1, 0.15) is 5.69 Å². The van der Waals surface area contributed by atoms with Crippen LogP contribution in [-0.4, -0.2) is 24.4 Å². The van der Waals surface area contributed by atoms with Gasteiger partial charge in [0.25, 0.3) is 0 Å². The number of rotatable bonds is 3. The van der Waals surface area contributed by atoms with E-state index in [0.717, 1.165) is 5.56 Å². The van der Waals surface area contributed by atoms with E-state index in [2.05, 4.69) is 60.3 Å². The molecular weight excluding hydrogens is 376 g/mol. The number of hydrogen-bond acceptors (Lipinski definition) is 4. The van der Waals surface area contributed by atoms with E-state index in [0.29, 0.717) is 18.1 Å². The fourth-order valence-electron chi connectivity index (χ4n) is 4.44. The van der Waals surface area contributed by atoms with Crippen molar-refractivity contribution in [3.05, 3.63) is 99.6 Å². The summed E-state index contributed by atoms with van der Waals surface area (Å²) in [5.41, 5.74) is 4.61. The van der Waals surface area contributed by atoms with Crippen molar-refractivity contribution in [3.63, 3.8) is 0 Å². The highest BCUT2D eigenvalue weighted by atomic mass is 16.3. The van der Waals surface area contributed by atoms with Gasteiger partial charge in [-0.25, -0.2) is 4.98 Å². The van der Waals surface area contributed by atoms with Gasteiger partial charge in [0.2, 0.25) is 5.43 Å². The quantitative estimate of drug-likeness (QED) is 0.569. The normalized spacial score (nSPS) is 16.0. The minimum Gasteiger partial charge on any atom is -0.503 e. The van der Waals surface area contributed by atoms with Crippen LogP contribution in [0.4, 0.5) is 0 Å². The third kappa shape index (κ3) is 2.84. The molecule has 3 heterocycles. The molecule has 1 aliphatic heterocycles. The molecule has 2 atom stereocenters. The molecule has 0 spiro atoms. The van der Waals surface area contributed by atoms with Crippen molar-refractivity contribution in [3.8, 4) is 17.3 Å². The molecule has 30 heavy (non-hydrogen) atoms. The maximum atomic E-state index is 12.2. The molecule has 1 N–H and O–H groups in total. The molecule has 6 nitrogen and oxygen atoms in total. The Hall–Kier alpha value is -3.67. The Bertz CT molecular complexity index is 1290. The van der Waals surface area contributed by atoms with Gasteiger partial charge in [0, 0.05) is 24.9 Å². The van der Waals surface area contributed by atoms with Gasteiger partial charge in [-0.05, 0) is 30.5 Å². The fourth-order valence-corrected chi connectivity index (χ4v) is 4.44. The first-order valence-corrected chi connectivity index (χ1v) is 9.99. The molecule has 0 fully saturated rings. The Morgan fingerprint density at radius 1 is 1.10 bits per heavy atom. The molecule has 0 radical (unpaired) electrons. The lowest BCUT2D eigenvalue weighted by molar-refractivity contribution is 0.331. The van der Waals surface area contributed by atoms with E-state index in [9.17, 15) is 9.90 Å². The van der Waals surface area contributed by atoms with Crippen LogP contribution in [0.1, 0.15) is 34.2 Å². The largest absolute Gasteiger partial charge is 0.503 e. The molecule has 0 aliphatic carbocycles. The average molecular weight is 398 g/mol. The van der Waals surface area contributed by atoms with Gasteiger partial charge in [0.05, 0.1) is 12.2 Å². The molecule has 0 saturated carbocycles. The maximum Gasteiger partial charge on any atom is 0.242 e. The van der Waals surface area contributed by atoms with Gasteiger partial charge < -0.3 is 9.67 Å². The topological polar surface area (TPSA) is 72.9 Å². The van der Waals surface area contributed by atoms with E-state index < -0.39 is 5.43 Å². The Balaban J connectivity index is 1.77. The first-order chi connectivity index (χ1) is 14.5. The summed E-state index contributed by atoms with van der Waals surface area (Å²) in [5, 5.41) is 15.1. The lowest BCUT2D eigenvalue weighted by Gasteiger charge is -2.35. The van der Waals surface area contributed by atoms with Crippen LogP contribution in [0.2, 0.25) is 0 Å². The lowest BCUT2D eigenvalue weighted by Crippen LogP contribution is -2.32. The van der Waals surface area contributed by atoms with E-state index in [1.54, 1.807) is 10.9 Å². The number of hydrogen-bond donors (Lipinski definition) is 1. The van der Waals surface area contributed by atoms with E-state index in [1.807, 2.05) is 22.9 Å². The molecule has 1 aliphatic rings. The van der Waals surface area contributed by atoms with E-state index >= 15 is 0 Å². The molecule has 0 unspecified atom stereocenters. The SMILES string of the molecule is Cc1ccc([C@@H](c2ccccc2C)[C@H]2Cn3ccnc3-c3c(O)c(=O)cnn32)cc1. The third-order valence-electron chi connectivity index (χ3n) is 5.96. The molecule has 4 aromatic rings. The molecule has 150 valence electrons. The van der Waals surface area contributed by atoms with Crippen LogP contribution in [-0.2, 0) is 6.54 Å². The van der Waals surface area contributed by atoms with E-state index in [1.165, 1.54) is 22.9 Å². The third-order valence-corrected chi connectivity index (χ3v) is 5.96. The van der Waals surface area contributed by atoms with Crippen molar-refractivity contribution >= 4 is 0 Å². The van der Waals surface area contributed by atoms with Gasteiger partial charge in [0.15, 0.2) is 11.6 Å². The first-order valence-electron chi connectivity index (χ1n) is 9.99. The average Bonchev–Trinajstić information content (AvgIpc) is 3.21. The molecule has 2 aromatic carbocycles.